The molecule has 0 atom stereocenters. The second-order valence-corrected chi connectivity index (χ2v) is 6.49. The van der Waals surface area contributed by atoms with Gasteiger partial charge in [0.05, 0.1) is 11.4 Å². The molecule has 0 saturated heterocycles. The van der Waals surface area contributed by atoms with Crippen LogP contribution in [0, 0.1) is 5.92 Å². The summed E-state index contributed by atoms with van der Waals surface area (Å²) in [4.78, 5) is 11.7. The minimum absolute atomic E-state index is 0.00827. The van der Waals surface area contributed by atoms with Gasteiger partial charge in [-0.05, 0) is 36.3 Å². The zero-order valence-electron chi connectivity index (χ0n) is 11.4. The number of hydrogen-bond acceptors (Lipinski definition) is 3. The summed E-state index contributed by atoms with van der Waals surface area (Å²) in [7, 11) is 0. The average Bonchev–Trinajstić information content (AvgIpc) is 2.32. The fourth-order valence-electron chi connectivity index (χ4n) is 1.45. The molecule has 0 aliphatic carbocycles. The first kappa shape index (κ1) is 16.2. The molecule has 3 N–H and O–H groups in total. The predicted octanol–water partition coefficient (Wildman–Crippen LogP) is 4.03. The van der Waals surface area contributed by atoms with E-state index < -0.39 is 0 Å². The van der Waals surface area contributed by atoms with Gasteiger partial charge in [-0.25, -0.2) is 0 Å². The first-order valence-corrected chi connectivity index (χ1v) is 7.95. The molecule has 0 fully saturated rings. The zero-order chi connectivity index (χ0) is 14.3. The van der Waals surface area contributed by atoms with E-state index in [1.807, 2.05) is 11.8 Å². The molecule has 0 aliphatic rings. The van der Waals surface area contributed by atoms with Crippen molar-refractivity contribution in [1.29, 1.82) is 0 Å². The fraction of sp³-hybridized carbons (Fsp3) is 0.500. The summed E-state index contributed by atoms with van der Waals surface area (Å²) in [5.74, 6) is 2.65. The van der Waals surface area contributed by atoms with Crippen molar-refractivity contribution in [2.24, 2.45) is 5.92 Å². The van der Waals surface area contributed by atoms with Gasteiger partial charge in [-0.2, -0.15) is 11.8 Å². The van der Waals surface area contributed by atoms with Crippen LogP contribution in [0.3, 0.4) is 0 Å². The van der Waals surface area contributed by atoms with Gasteiger partial charge in [0, 0.05) is 17.2 Å². The van der Waals surface area contributed by atoms with Gasteiger partial charge in [-0.15, -0.1) is 0 Å². The molecule has 3 nitrogen and oxygen atoms in total. The van der Waals surface area contributed by atoms with Gasteiger partial charge in [0.1, 0.15) is 0 Å². The lowest BCUT2D eigenvalue weighted by Crippen LogP contribution is -2.13. The molecule has 0 saturated carbocycles. The minimum Gasteiger partial charge on any atom is -0.397 e. The molecule has 0 spiro atoms. The Morgan fingerprint density at radius 3 is 2.79 bits per heavy atom. The van der Waals surface area contributed by atoms with Crippen LogP contribution in [0.1, 0.15) is 26.7 Å². The molecule has 19 heavy (non-hydrogen) atoms. The number of rotatable bonds is 7. The number of carbonyl (C=O) groups is 1. The third-order valence-corrected chi connectivity index (χ3v) is 3.85. The molecule has 1 aromatic carbocycles. The van der Waals surface area contributed by atoms with E-state index in [9.17, 15) is 4.79 Å². The van der Waals surface area contributed by atoms with Crippen molar-refractivity contribution in [1.82, 2.24) is 0 Å². The van der Waals surface area contributed by atoms with Crippen LogP contribution in [0.15, 0.2) is 18.2 Å². The molecule has 0 heterocycles. The number of carbonyl (C=O) groups excluding carboxylic acids is 1. The molecule has 1 amide bonds. The first-order valence-electron chi connectivity index (χ1n) is 6.41. The highest BCUT2D eigenvalue weighted by molar-refractivity contribution is 7.99. The molecule has 1 rings (SSSR count). The van der Waals surface area contributed by atoms with Crippen LogP contribution < -0.4 is 11.1 Å². The van der Waals surface area contributed by atoms with Crippen molar-refractivity contribution in [3.63, 3.8) is 0 Å². The Hall–Kier alpha value is -0.870. The maximum absolute atomic E-state index is 11.7. The number of anilines is 2. The molecular weight excluding hydrogens is 280 g/mol. The number of halogens is 1. The summed E-state index contributed by atoms with van der Waals surface area (Å²) >= 11 is 7.62. The predicted molar refractivity (Wildman–Crippen MR) is 85.9 cm³/mol. The van der Waals surface area contributed by atoms with Crippen molar-refractivity contribution >= 4 is 40.6 Å². The Balaban J connectivity index is 2.27. The SMILES string of the molecule is CC(C)CCSCCC(=O)Nc1ccc(Cl)cc1N. The molecule has 0 unspecified atom stereocenters. The Bertz CT molecular complexity index is 424. The van der Waals surface area contributed by atoms with Gasteiger partial charge < -0.3 is 11.1 Å². The highest BCUT2D eigenvalue weighted by Gasteiger charge is 2.05. The first-order chi connectivity index (χ1) is 8.99. The van der Waals surface area contributed by atoms with E-state index in [0.717, 1.165) is 17.4 Å². The van der Waals surface area contributed by atoms with Crippen LogP contribution in [0.4, 0.5) is 11.4 Å². The van der Waals surface area contributed by atoms with Crippen LogP contribution in [0.2, 0.25) is 5.02 Å². The summed E-state index contributed by atoms with van der Waals surface area (Å²) in [6.45, 7) is 4.41. The molecular formula is C14H21ClN2OS. The van der Waals surface area contributed by atoms with E-state index in [1.165, 1.54) is 6.42 Å². The van der Waals surface area contributed by atoms with Crippen molar-refractivity contribution in [3.05, 3.63) is 23.2 Å². The maximum Gasteiger partial charge on any atom is 0.225 e. The number of nitrogen functional groups attached to an aromatic ring is 1. The van der Waals surface area contributed by atoms with Gasteiger partial charge in [0.15, 0.2) is 0 Å². The summed E-state index contributed by atoms with van der Waals surface area (Å²) < 4.78 is 0. The summed E-state index contributed by atoms with van der Waals surface area (Å²) in [5.41, 5.74) is 6.90. The van der Waals surface area contributed by atoms with Gasteiger partial charge in [0.2, 0.25) is 5.91 Å². The average molecular weight is 301 g/mol. The van der Waals surface area contributed by atoms with Crippen LogP contribution in [-0.4, -0.2) is 17.4 Å². The lowest BCUT2D eigenvalue weighted by Gasteiger charge is -2.08. The highest BCUT2D eigenvalue weighted by Crippen LogP contribution is 2.22. The molecule has 106 valence electrons. The van der Waals surface area contributed by atoms with Crippen LogP contribution >= 0.6 is 23.4 Å². The van der Waals surface area contributed by atoms with E-state index in [-0.39, 0.29) is 5.91 Å². The third-order valence-electron chi connectivity index (χ3n) is 2.60. The molecule has 0 bridgehead atoms. The normalized spacial score (nSPS) is 10.7. The maximum atomic E-state index is 11.7. The summed E-state index contributed by atoms with van der Waals surface area (Å²) in [5, 5.41) is 3.37. The number of hydrogen-bond donors (Lipinski definition) is 2. The molecule has 0 aromatic heterocycles. The van der Waals surface area contributed by atoms with Gasteiger partial charge in [-0.1, -0.05) is 25.4 Å². The minimum atomic E-state index is -0.00827. The quantitative estimate of drug-likeness (QED) is 0.590. The topological polar surface area (TPSA) is 55.1 Å². The number of nitrogens with one attached hydrogen (secondary N) is 1. The smallest absolute Gasteiger partial charge is 0.225 e. The Labute approximate surface area is 124 Å². The second kappa shape index (κ2) is 8.33. The summed E-state index contributed by atoms with van der Waals surface area (Å²) in [6.07, 6.45) is 1.70. The van der Waals surface area contributed by atoms with Crippen LogP contribution in [-0.2, 0) is 4.79 Å². The van der Waals surface area contributed by atoms with E-state index in [1.54, 1.807) is 18.2 Å². The second-order valence-electron chi connectivity index (χ2n) is 4.82. The molecule has 5 heteroatoms. The standard InChI is InChI=1S/C14H21ClN2OS/c1-10(2)5-7-19-8-6-14(18)17-13-4-3-11(15)9-12(13)16/h3-4,9-10H,5-8,16H2,1-2H3,(H,17,18). The molecule has 0 radical (unpaired) electrons. The Morgan fingerprint density at radius 2 is 2.16 bits per heavy atom. The Morgan fingerprint density at radius 1 is 1.42 bits per heavy atom. The van der Waals surface area contributed by atoms with Crippen molar-refractivity contribution in [2.75, 3.05) is 22.6 Å². The van der Waals surface area contributed by atoms with E-state index in [4.69, 9.17) is 17.3 Å². The molecule has 1 aromatic rings. The Kier molecular flexibility index (Phi) is 7.10. The number of amides is 1. The van der Waals surface area contributed by atoms with Gasteiger partial charge in [-0.3, -0.25) is 4.79 Å². The van der Waals surface area contributed by atoms with E-state index >= 15 is 0 Å². The van der Waals surface area contributed by atoms with E-state index in [0.29, 0.717) is 22.8 Å². The third kappa shape index (κ3) is 6.73. The van der Waals surface area contributed by atoms with Gasteiger partial charge in [0.25, 0.3) is 0 Å². The number of thioether (sulfide) groups is 1. The zero-order valence-corrected chi connectivity index (χ0v) is 13.0. The highest BCUT2D eigenvalue weighted by atomic mass is 35.5. The molecule has 0 aliphatic heterocycles. The largest absolute Gasteiger partial charge is 0.397 e. The lowest BCUT2D eigenvalue weighted by molar-refractivity contribution is -0.115. The van der Waals surface area contributed by atoms with E-state index in [2.05, 4.69) is 19.2 Å². The van der Waals surface area contributed by atoms with Crippen molar-refractivity contribution < 1.29 is 4.79 Å². The van der Waals surface area contributed by atoms with Crippen molar-refractivity contribution in [2.45, 2.75) is 26.7 Å². The van der Waals surface area contributed by atoms with Crippen molar-refractivity contribution in [3.8, 4) is 0 Å². The number of nitrogens with two attached hydrogens (primary N) is 1. The number of benzene rings is 1. The summed E-state index contributed by atoms with van der Waals surface area (Å²) in [6, 6.07) is 5.07. The van der Waals surface area contributed by atoms with Crippen LogP contribution in [0.5, 0.6) is 0 Å². The fourth-order valence-corrected chi connectivity index (χ4v) is 2.80. The van der Waals surface area contributed by atoms with Crippen LogP contribution in [0.25, 0.3) is 0 Å². The monoisotopic (exact) mass is 300 g/mol. The van der Waals surface area contributed by atoms with Gasteiger partial charge >= 0.3 is 0 Å². The lowest BCUT2D eigenvalue weighted by atomic mass is 10.2.